The van der Waals surface area contributed by atoms with Crippen LogP contribution in [0.3, 0.4) is 0 Å². The van der Waals surface area contributed by atoms with Gasteiger partial charge < -0.3 is 5.32 Å². The molecule has 0 fully saturated rings. The van der Waals surface area contributed by atoms with Gasteiger partial charge in [-0.1, -0.05) is 47.8 Å². The molecule has 1 amide bonds. The Labute approximate surface area is 161 Å². The number of carbonyl (C=O) groups is 1. The molecule has 26 heavy (non-hydrogen) atoms. The number of nitrogens with zero attached hydrogens (tertiary/aromatic N) is 2. The first kappa shape index (κ1) is 18.5. The van der Waals surface area contributed by atoms with Crippen LogP contribution in [0.4, 0.5) is 5.69 Å². The molecule has 0 radical (unpaired) electrons. The highest BCUT2D eigenvalue weighted by molar-refractivity contribution is 8.02. The van der Waals surface area contributed by atoms with E-state index in [1.165, 1.54) is 11.8 Å². The molecule has 0 aliphatic carbocycles. The van der Waals surface area contributed by atoms with Crippen LogP contribution in [-0.2, 0) is 4.79 Å². The smallest absolute Gasteiger partial charge is 0.234 e. The van der Waals surface area contributed by atoms with Gasteiger partial charge in [-0.15, -0.1) is 0 Å². The summed E-state index contributed by atoms with van der Waals surface area (Å²) in [6.07, 6.45) is 3.32. The van der Waals surface area contributed by atoms with Crippen LogP contribution in [0.2, 0.25) is 0 Å². The summed E-state index contributed by atoms with van der Waals surface area (Å²) < 4.78 is 0. The summed E-state index contributed by atoms with van der Waals surface area (Å²) in [6.45, 7) is 4.04. The Kier molecular flexibility index (Phi) is 6.30. The number of amides is 1. The molecule has 0 aliphatic heterocycles. The van der Waals surface area contributed by atoms with E-state index < -0.39 is 0 Å². The van der Waals surface area contributed by atoms with Gasteiger partial charge in [0.05, 0.1) is 5.75 Å². The second-order valence-electron chi connectivity index (χ2n) is 5.80. The standard InChI is InChI=1S/C20H19N3OS2/c1-14-10-15(2)12-16(11-14)23-18(24)13-25-19-20(22-9-8-21-19)26-17-6-4-3-5-7-17/h3-12H,13H2,1-2H3,(H,23,24). The monoisotopic (exact) mass is 381 g/mol. The molecule has 1 aromatic heterocycles. The van der Waals surface area contributed by atoms with Crippen molar-refractivity contribution in [2.75, 3.05) is 11.1 Å². The summed E-state index contributed by atoms with van der Waals surface area (Å²) in [5, 5.41) is 4.52. The highest BCUT2D eigenvalue weighted by Gasteiger charge is 2.11. The van der Waals surface area contributed by atoms with E-state index in [1.54, 1.807) is 24.2 Å². The van der Waals surface area contributed by atoms with Gasteiger partial charge in [0.25, 0.3) is 0 Å². The fraction of sp³-hybridized carbons (Fsp3) is 0.150. The molecule has 132 valence electrons. The lowest BCUT2D eigenvalue weighted by Crippen LogP contribution is -2.14. The van der Waals surface area contributed by atoms with Gasteiger partial charge in [0.2, 0.25) is 5.91 Å². The van der Waals surface area contributed by atoms with Crippen LogP contribution in [-0.4, -0.2) is 21.6 Å². The molecular formula is C20H19N3OS2. The van der Waals surface area contributed by atoms with Crippen molar-refractivity contribution < 1.29 is 4.79 Å². The molecular weight excluding hydrogens is 362 g/mol. The molecule has 0 atom stereocenters. The summed E-state index contributed by atoms with van der Waals surface area (Å²) >= 11 is 2.94. The van der Waals surface area contributed by atoms with Crippen LogP contribution in [0.5, 0.6) is 0 Å². The summed E-state index contributed by atoms with van der Waals surface area (Å²) in [6, 6.07) is 16.0. The van der Waals surface area contributed by atoms with E-state index in [-0.39, 0.29) is 11.7 Å². The summed E-state index contributed by atoms with van der Waals surface area (Å²) in [5.41, 5.74) is 3.08. The van der Waals surface area contributed by atoms with Crippen LogP contribution >= 0.6 is 23.5 Å². The SMILES string of the molecule is Cc1cc(C)cc(NC(=O)CSc2nccnc2Sc2ccccc2)c1. The molecule has 0 unspecified atom stereocenters. The minimum Gasteiger partial charge on any atom is -0.325 e. The van der Waals surface area contributed by atoms with Gasteiger partial charge in [-0.25, -0.2) is 9.97 Å². The number of anilines is 1. The second kappa shape index (κ2) is 8.87. The minimum absolute atomic E-state index is 0.0543. The third-order valence-electron chi connectivity index (χ3n) is 3.44. The average Bonchev–Trinajstić information content (AvgIpc) is 2.61. The van der Waals surface area contributed by atoms with E-state index in [9.17, 15) is 4.79 Å². The third kappa shape index (κ3) is 5.34. The van der Waals surface area contributed by atoms with Crippen molar-refractivity contribution in [1.29, 1.82) is 0 Å². The lowest BCUT2D eigenvalue weighted by molar-refractivity contribution is -0.113. The van der Waals surface area contributed by atoms with Crippen LogP contribution < -0.4 is 5.32 Å². The summed E-state index contributed by atoms with van der Waals surface area (Å²) in [5.74, 6) is 0.231. The van der Waals surface area contributed by atoms with E-state index in [1.807, 2.05) is 56.3 Å². The van der Waals surface area contributed by atoms with Crippen molar-refractivity contribution >= 4 is 35.1 Å². The van der Waals surface area contributed by atoms with Gasteiger partial charge in [0.1, 0.15) is 10.1 Å². The van der Waals surface area contributed by atoms with Gasteiger partial charge in [-0.05, 0) is 49.2 Å². The quantitative estimate of drug-likeness (QED) is 0.611. The summed E-state index contributed by atoms with van der Waals surface area (Å²) in [4.78, 5) is 22.2. The van der Waals surface area contributed by atoms with E-state index in [0.717, 1.165) is 31.8 Å². The fourth-order valence-electron chi connectivity index (χ4n) is 2.46. The Morgan fingerprint density at radius 1 is 0.962 bits per heavy atom. The minimum atomic E-state index is -0.0543. The van der Waals surface area contributed by atoms with Gasteiger partial charge >= 0.3 is 0 Å². The van der Waals surface area contributed by atoms with Crippen LogP contribution in [0, 0.1) is 13.8 Å². The Morgan fingerprint density at radius 3 is 2.31 bits per heavy atom. The van der Waals surface area contributed by atoms with Crippen LogP contribution in [0.25, 0.3) is 0 Å². The molecule has 0 saturated heterocycles. The molecule has 0 saturated carbocycles. The molecule has 6 heteroatoms. The number of nitrogens with one attached hydrogen (secondary N) is 1. The molecule has 4 nitrogen and oxygen atoms in total. The van der Waals surface area contributed by atoms with Crippen LogP contribution in [0.1, 0.15) is 11.1 Å². The summed E-state index contributed by atoms with van der Waals surface area (Å²) in [7, 11) is 0. The van der Waals surface area contributed by atoms with Gasteiger partial charge in [-0.3, -0.25) is 4.79 Å². The van der Waals surface area contributed by atoms with Gasteiger partial charge in [0, 0.05) is 23.0 Å². The van der Waals surface area contributed by atoms with E-state index in [4.69, 9.17) is 0 Å². The first-order valence-electron chi connectivity index (χ1n) is 8.15. The van der Waals surface area contributed by atoms with E-state index >= 15 is 0 Å². The number of carbonyl (C=O) groups excluding carboxylic acids is 1. The maximum Gasteiger partial charge on any atom is 0.234 e. The highest BCUT2D eigenvalue weighted by atomic mass is 32.2. The topological polar surface area (TPSA) is 54.9 Å². The zero-order valence-electron chi connectivity index (χ0n) is 14.6. The maximum absolute atomic E-state index is 12.3. The van der Waals surface area contributed by atoms with E-state index in [0.29, 0.717) is 0 Å². The third-order valence-corrected chi connectivity index (χ3v) is 5.54. The van der Waals surface area contributed by atoms with Gasteiger partial charge in [-0.2, -0.15) is 0 Å². The van der Waals surface area contributed by atoms with Crippen molar-refractivity contribution in [3.63, 3.8) is 0 Å². The van der Waals surface area contributed by atoms with E-state index in [2.05, 4.69) is 21.4 Å². The predicted molar refractivity (Wildman–Crippen MR) is 108 cm³/mol. The largest absolute Gasteiger partial charge is 0.325 e. The number of aryl methyl sites for hydroxylation is 2. The fourth-order valence-corrected chi connectivity index (χ4v) is 4.18. The number of rotatable bonds is 6. The Hall–Kier alpha value is -2.31. The molecule has 0 aliphatic rings. The van der Waals surface area contributed by atoms with Crippen molar-refractivity contribution in [3.05, 3.63) is 72.1 Å². The van der Waals surface area contributed by atoms with Crippen molar-refractivity contribution in [1.82, 2.24) is 9.97 Å². The Bertz CT molecular complexity index is 880. The number of benzene rings is 2. The Morgan fingerprint density at radius 2 is 1.62 bits per heavy atom. The Balaban J connectivity index is 1.63. The predicted octanol–water partition coefficient (Wildman–Crippen LogP) is 4.98. The number of hydrogen-bond donors (Lipinski definition) is 1. The molecule has 1 heterocycles. The highest BCUT2D eigenvalue weighted by Crippen LogP contribution is 2.32. The lowest BCUT2D eigenvalue weighted by atomic mass is 10.1. The normalized spacial score (nSPS) is 10.5. The maximum atomic E-state index is 12.3. The molecule has 3 rings (SSSR count). The number of thioether (sulfide) groups is 1. The van der Waals surface area contributed by atoms with Crippen molar-refractivity contribution in [2.24, 2.45) is 0 Å². The zero-order chi connectivity index (χ0) is 18.4. The molecule has 3 aromatic rings. The van der Waals surface area contributed by atoms with Gasteiger partial charge in [0.15, 0.2) is 0 Å². The average molecular weight is 382 g/mol. The molecule has 2 aromatic carbocycles. The lowest BCUT2D eigenvalue weighted by Gasteiger charge is -2.09. The molecule has 0 bridgehead atoms. The first-order chi connectivity index (χ1) is 12.6. The second-order valence-corrected chi connectivity index (χ2v) is 7.82. The zero-order valence-corrected chi connectivity index (χ0v) is 16.2. The molecule has 0 spiro atoms. The first-order valence-corrected chi connectivity index (χ1v) is 9.95. The molecule has 1 N–H and O–H groups in total. The number of hydrogen-bond acceptors (Lipinski definition) is 5. The van der Waals surface area contributed by atoms with Crippen molar-refractivity contribution in [3.8, 4) is 0 Å². The number of aromatic nitrogens is 2. The van der Waals surface area contributed by atoms with Crippen molar-refractivity contribution in [2.45, 2.75) is 28.8 Å². The van der Waals surface area contributed by atoms with Crippen LogP contribution in [0.15, 0.2) is 75.9 Å².